The van der Waals surface area contributed by atoms with Gasteiger partial charge in [0.25, 0.3) is 0 Å². The molecule has 1 saturated heterocycles. The van der Waals surface area contributed by atoms with Gasteiger partial charge in [-0.25, -0.2) is 0 Å². The molecule has 0 aromatic heterocycles. The zero-order valence-corrected chi connectivity index (χ0v) is 6.82. The van der Waals surface area contributed by atoms with E-state index in [2.05, 4.69) is 0 Å². The molecule has 0 atom stereocenters. The second-order valence-electron chi connectivity index (χ2n) is 2.43. The fraction of sp³-hybridized carbons (Fsp3) is 0.625. The molecule has 56 valence electrons. The van der Waals surface area contributed by atoms with Crippen molar-refractivity contribution >= 4 is 18.0 Å². The summed E-state index contributed by atoms with van der Waals surface area (Å²) in [6, 6.07) is 0. The molecule has 2 heteroatoms. The summed E-state index contributed by atoms with van der Waals surface area (Å²) in [7, 11) is 0. The smallest absolute Gasteiger partial charge is 0.142 e. The molecule has 1 nitrogen and oxygen atoms in total. The SMILES string of the molecule is O=C/C=C1\CCCSCC1. The highest BCUT2D eigenvalue weighted by molar-refractivity contribution is 7.99. The summed E-state index contributed by atoms with van der Waals surface area (Å²) in [5, 5.41) is 0. The highest BCUT2D eigenvalue weighted by Crippen LogP contribution is 2.20. The van der Waals surface area contributed by atoms with Crippen LogP contribution in [0.1, 0.15) is 19.3 Å². The van der Waals surface area contributed by atoms with E-state index in [9.17, 15) is 4.79 Å². The zero-order valence-electron chi connectivity index (χ0n) is 6.01. The number of aldehydes is 1. The van der Waals surface area contributed by atoms with Gasteiger partial charge in [0.1, 0.15) is 6.29 Å². The molecule has 1 heterocycles. The van der Waals surface area contributed by atoms with Crippen molar-refractivity contribution in [1.29, 1.82) is 0 Å². The highest BCUT2D eigenvalue weighted by Gasteiger charge is 2.02. The minimum Gasteiger partial charge on any atom is -0.299 e. The molecule has 0 saturated carbocycles. The van der Waals surface area contributed by atoms with Gasteiger partial charge in [-0.3, -0.25) is 4.79 Å². The molecule has 0 radical (unpaired) electrons. The van der Waals surface area contributed by atoms with E-state index in [1.165, 1.54) is 23.5 Å². The topological polar surface area (TPSA) is 17.1 Å². The van der Waals surface area contributed by atoms with Crippen molar-refractivity contribution in [1.82, 2.24) is 0 Å². The van der Waals surface area contributed by atoms with Gasteiger partial charge in [-0.2, -0.15) is 11.8 Å². The molecule has 0 spiro atoms. The molecular weight excluding hydrogens is 144 g/mol. The van der Waals surface area contributed by atoms with Gasteiger partial charge in [0.15, 0.2) is 0 Å². The lowest BCUT2D eigenvalue weighted by molar-refractivity contribution is -0.104. The Morgan fingerprint density at radius 2 is 2.20 bits per heavy atom. The first-order chi connectivity index (χ1) is 4.93. The van der Waals surface area contributed by atoms with Crippen molar-refractivity contribution < 1.29 is 4.79 Å². The average Bonchev–Trinajstić information content (AvgIpc) is 2.17. The summed E-state index contributed by atoms with van der Waals surface area (Å²) >= 11 is 1.99. The van der Waals surface area contributed by atoms with E-state index >= 15 is 0 Å². The monoisotopic (exact) mass is 156 g/mol. The van der Waals surface area contributed by atoms with E-state index in [-0.39, 0.29) is 0 Å². The Hall–Kier alpha value is -0.240. The molecule has 1 aliphatic rings. The molecule has 10 heavy (non-hydrogen) atoms. The molecule has 0 aliphatic carbocycles. The van der Waals surface area contributed by atoms with Crippen LogP contribution in [0.2, 0.25) is 0 Å². The van der Waals surface area contributed by atoms with E-state index in [1.54, 1.807) is 6.08 Å². The maximum Gasteiger partial charge on any atom is 0.142 e. The predicted octanol–water partition coefficient (Wildman–Crippen LogP) is 2.03. The predicted molar refractivity (Wildman–Crippen MR) is 45.3 cm³/mol. The van der Waals surface area contributed by atoms with Crippen molar-refractivity contribution in [2.24, 2.45) is 0 Å². The molecule has 0 aromatic rings. The van der Waals surface area contributed by atoms with Gasteiger partial charge in [0, 0.05) is 0 Å². The molecule has 1 fully saturated rings. The van der Waals surface area contributed by atoms with E-state index in [0.29, 0.717) is 0 Å². The molecule has 0 aromatic carbocycles. The van der Waals surface area contributed by atoms with Crippen LogP contribution >= 0.6 is 11.8 Å². The number of hydrogen-bond donors (Lipinski definition) is 0. The van der Waals surface area contributed by atoms with E-state index in [1.807, 2.05) is 11.8 Å². The van der Waals surface area contributed by atoms with Gasteiger partial charge in [-0.15, -0.1) is 0 Å². The third-order valence-corrected chi connectivity index (χ3v) is 2.73. The quantitative estimate of drug-likeness (QED) is 0.427. The summed E-state index contributed by atoms with van der Waals surface area (Å²) in [5.74, 6) is 2.45. The van der Waals surface area contributed by atoms with Crippen LogP contribution in [-0.2, 0) is 4.79 Å². The van der Waals surface area contributed by atoms with Gasteiger partial charge >= 0.3 is 0 Å². The van der Waals surface area contributed by atoms with Crippen LogP contribution in [0.5, 0.6) is 0 Å². The van der Waals surface area contributed by atoms with Crippen molar-refractivity contribution in [3.8, 4) is 0 Å². The summed E-state index contributed by atoms with van der Waals surface area (Å²) in [5.41, 5.74) is 1.33. The summed E-state index contributed by atoms with van der Waals surface area (Å²) in [6.07, 6.45) is 6.12. The van der Waals surface area contributed by atoms with E-state index < -0.39 is 0 Å². The Morgan fingerprint density at radius 3 is 3.00 bits per heavy atom. The van der Waals surface area contributed by atoms with Crippen LogP contribution in [0.25, 0.3) is 0 Å². The average molecular weight is 156 g/mol. The fourth-order valence-electron chi connectivity index (χ4n) is 1.09. The molecule has 0 bridgehead atoms. The number of rotatable bonds is 1. The maximum atomic E-state index is 10.1. The maximum absolute atomic E-state index is 10.1. The van der Waals surface area contributed by atoms with Gasteiger partial charge < -0.3 is 0 Å². The van der Waals surface area contributed by atoms with Crippen molar-refractivity contribution in [3.05, 3.63) is 11.6 Å². The standard InChI is InChI=1S/C8H12OS/c9-5-3-8-2-1-6-10-7-4-8/h3,5H,1-2,4,6-7H2/b8-3+. The molecule has 0 amide bonds. The first-order valence-electron chi connectivity index (χ1n) is 3.64. The Labute approximate surface area is 65.9 Å². The first kappa shape index (κ1) is 7.86. The van der Waals surface area contributed by atoms with Crippen LogP contribution in [0.3, 0.4) is 0 Å². The minimum atomic E-state index is 0.908. The molecular formula is C8H12OS. The van der Waals surface area contributed by atoms with Crippen LogP contribution < -0.4 is 0 Å². The fourth-order valence-corrected chi connectivity index (χ4v) is 2.05. The van der Waals surface area contributed by atoms with Crippen LogP contribution in [0, 0.1) is 0 Å². The second kappa shape index (κ2) is 4.56. The van der Waals surface area contributed by atoms with E-state index in [0.717, 1.165) is 19.1 Å². The Morgan fingerprint density at radius 1 is 1.30 bits per heavy atom. The molecule has 1 aliphatic heterocycles. The normalized spacial score (nSPS) is 24.2. The van der Waals surface area contributed by atoms with Crippen LogP contribution in [0.15, 0.2) is 11.6 Å². The molecule has 1 rings (SSSR count). The molecule has 0 unspecified atom stereocenters. The van der Waals surface area contributed by atoms with Crippen LogP contribution in [0.4, 0.5) is 0 Å². The zero-order chi connectivity index (χ0) is 7.23. The summed E-state index contributed by atoms with van der Waals surface area (Å²) in [6.45, 7) is 0. The van der Waals surface area contributed by atoms with Crippen molar-refractivity contribution in [2.75, 3.05) is 11.5 Å². The Kier molecular flexibility index (Phi) is 3.58. The third kappa shape index (κ3) is 2.56. The van der Waals surface area contributed by atoms with Gasteiger partial charge in [0.2, 0.25) is 0 Å². The lowest BCUT2D eigenvalue weighted by Gasteiger charge is -1.96. The van der Waals surface area contributed by atoms with Crippen molar-refractivity contribution in [3.63, 3.8) is 0 Å². The first-order valence-corrected chi connectivity index (χ1v) is 4.80. The number of thioether (sulfide) groups is 1. The Bertz CT molecular complexity index is 130. The van der Waals surface area contributed by atoms with Gasteiger partial charge in [0.05, 0.1) is 0 Å². The van der Waals surface area contributed by atoms with Gasteiger partial charge in [-0.1, -0.05) is 5.57 Å². The van der Waals surface area contributed by atoms with Crippen LogP contribution in [-0.4, -0.2) is 17.8 Å². The summed E-state index contributed by atoms with van der Waals surface area (Å²) < 4.78 is 0. The third-order valence-electron chi connectivity index (χ3n) is 1.66. The van der Waals surface area contributed by atoms with E-state index in [4.69, 9.17) is 0 Å². The minimum absolute atomic E-state index is 0.908. The van der Waals surface area contributed by atoms with Crippen molar-refractivity contribution in [2.45, 2.75) is 19.3 Å². The lowest BCUT2D eigenvalue weighted by Crippen LogP contribution is -1.83. The lowest BCUT2D eigenvalue weighted by atomic mass is 10.1. The largest absolute Gasteiger partial charge is 0.299 e. The highest BCUT2D eigenvalue weighted by atomic mass is 32.2. The number of allylic oxidation sites excluding steroid dienone is 2. The number of carbonyl (C=O) groups excluding carboxylic acids is 1. The molecule has 0 N–H and O–H groups in total. The second-order valence-corrected chi connectivity index (χ2v) is 3.65. The van der Waals surface area contributed by atoms with Gasteiger partial charge in [-0.05, 0) is 36.8 Å². The summed E-state index contributed by atoms with van der Waals surface area (Å²) in [4.78, 5) is 10.1. The number of hydrogen-bond acceptors (Lipinski definition) is 2. The number of carbonyl (C=O) groups is 1. The Balaban J connectivity index is 2.42.